The van der Waals surface area contributed by atoms with E-state index in [1.54, 1.807) is 17.3 Å². The monoisotopic (exact) mass is 410 g/mol. The first kappa shape index (κ1) is 21.6. The Morgan fingerprint density at radius 1 is 1.13 bits per heavy atom. The summed E-state index contributed by atoms with van der Waals surface area (Å²) in [5, 5.41) is 5.90. The van der Waals surface area contributed by atoms with Gasteiger partial charge in [0.25, 0.3) is 0 Å². The molecule has 3 amide bonds. The molecule has 1 aliphatic heterocycles. The minimum Gasteiger partial charge on any atom is -0.491 e. The zero-order valence-corrected chi connectivity index (χ0v) is 17.7. The number of hydrogen-bond donors (Lipinski definition) is 2. The third-order valence-electron chi connectivity index (χ3n) is 4.93. The number of nitrogens with zero attached hydrogens (tertiary/aromatic N) is 2. The quantitative estimate of drug-likeness (QED) is 0.735. The van der Waals surface area contributed by atoms with Crippen LogP contribution in [0.4, 0.5) is 4.79 Å². The Kier molecular flexibility index (Phi) is 7.65. The van der Waals surface area contributed by atoms with Crippen molar-refractivity contribution in [2.24, 2.45) is 0 Å². The SMILES string of the molecule is CC(C)NC(=O)N1CCOc2ccc(CCC(=O)NCCc3ccncc3)cc2C1. The Bertz CT molecular complexity index is 855. The van der Waals surface area contributed by atoms with Gasteiger partial charge in [0.2, 0.25) is 5.91 Å². The number of hydrogen-bond acceptors (Lipinski definition) is 4. The highest BCUT2D eigenvalue weighted by molar-refractivity contribution is 5.76. The van der Waals surface area contributed by atoms with E-state index >= 15 is 0 Å². The number of rotatable bonds is 7. The first-order valence-electron chi connectivity index (χ1n) is 10.5. The molecule has 3 rings (SSSR count). The summed E-state index contributed by atoms with van der Waals surface area (Å²) in [6.45, 7) is 6.02. The van der Waals surface area contributed by atoms with Crippen molar-refractivity contribution in [3.8, 4) is 5.75 Å². The average molecular weight is 411 g/mol. The van der Waals surface area contributed by atoms with Crippen LogP contribution < -0.4 is 15.4 Å². The molecule has 0 radical (unpaired) electrons. The summed E-state index contributed by atoms with van der Waals surface area (Å²) >= 11 is 0. The molecule has 0 unspecified atom stereocenters. The van der Waals surface area contributed by atoms with Gasteiger partial charge in [-0.2, -0.15) is 0 Å². The van der Waals surface area contributed by atoms with E-state index in [0.29, 0.717) is 39.1 Å². The second kappa shape index (κ2) is 10.6. The van der Waals surface area contributed by atoms with E-state index in [-0.39, 0.29) is 18.0 Å². The molecule has 1 aromatic carbocycles. The van der Waals surface area contributed by atoms with E-state index in [1.165, 1.54) is 0 Å². The van der Waals surface area contributed by atoms with Gasteiger partial charge in [0.05, 0.1) is 13.1 Å². The molecule has 0 atom stereocenters. The van der Waals surface area contributed by atoms with Crippen molar-refractivity contribution in [3.63, 3.8) is 0 Å². The maximum absolute atomic E-state index is 12.4. The van der Waals surface area contributed by atoms with Crippen LogP contribution in [0.1, 0.15) is 37.0 Å². The van der Waals surface area contributed by atoms with Gasteiger partial charge in [0, 0.05) is 37.0 Å². The number of fused-ring (bicyclic) bond motifs is 1. The highest BCUT2D eigenvalue weighted by atomic mass is 16.5. The van der Waals surface area contributed by atoms with Crippen LogP contribution in [0.15, 0.2) is 42.7 Å². The fourth-order valence-electron chi connectivity index (χ4n) is 3.36. The van der Waals surface area contributed by atoms with Crippen molar-refractivity contribution in [1.82, 2.24) is 20.5 Å². The van der Waals surface area contributed by atoms with E-state index in [9.17, 15) is 9.59 Å². The van der Waals surface area contributed by atoms with Gasteiger partial charge in [-0.3, -0.25) is 9.78 Å². The van der Waals surface area contributed by atoms with E-state index in [2.05, 4.69) is 15.6 Å². The summed E-state index contributed by atoms with van der Waals surface area (Å²) in [4.78, 5) is 30.3. The number of carbonyl (C=O) groups is 2. The van der Waals surface area contributed by atoms with Gasteiger partial charge < -0.3 is 20.3 Å². The molecule has 7 heteroatoms. The molecule has 1 aliphatic rings. The fourth-order valence-corrected chi connectivity index (χ4v) is 3.36. The number of carbonyl (C=O) groups excluding carboxylic acids is 2. The van der Waals surface area contributed by atoms with Crippen LogP contribution in [-0.4, -0.2) is 47.6 Å². The van der Waals surface area contributed by atoms with Crippen LogP contribution in [0, 0.1) is 0 Å². The number of urea groups is 1. The van der Waals surface area contributed by atoms with Crippen LogP contribution in [0.3, 0.4) is 0 Å². The zero-order chi connectivity index (χ0) is 21.3. The van der Waals surface area contributed by atoms with Gasteiger partial charge in [-0.05, 0) is 56.0 Å². The number of benzene rings is 1. The van der Waals surface area contributed by atoms with Crippen LogP contribution in [-0.2, 0) is 24.2 Å². The molecule has 30 heavy (non-hydrogen) atoms. The van der Waals surface area contributed by atoms with Gasteiger partial charge in [0.1, 0.15) is 12.4 Å². The lowest BCUT2D eigenvalue weighted by Crippen LogP contribution is -2.43. The smallest absolute Gasteiger partial charge is 0.318 e. The third-order valence-corrected chi connectivity index (χ3v) is 4.93. The topological polar surface area (TPSA) is 83.6 Å². The molecule has 0 spiro atoms. The molecule has 7 nitrogen and oxygen atoms in total. The number of aromatic nitrogens is 1. The molecule has 160 valence electrons. The largest absolute Gasteiger partial charge is 0.491 e. The molecular weight excluding hydrogens is 380 g/mol. The van der Waals surface area contributed by atoms with Crippen molar-refractivity contribution >= 4 is 11.9 Å². The lowest BCUT2D eigenvalue weighted by Gasteiger charge is -2.22. The van der Waals surface area contributed by atoms with Crippen molar-refractivity contribution in [3.05, 3.63) is 59.4 Å². The molecule has 0 saturated heterocycles. The van der Waals surface area contributed by atoms with Gasteiger partial charge in [-0.15, -0.1) is 0 Å². The van der Waals surface area contributed by atoms with Crippen LogP contribution in [0.5, 0.6) is 5.75 Å². The number of amides is 3. The van der Waals surface area contributed by atoms with Crippen molar-refractivity contribution in [2.75, 3.05) is 19.7 Å². The van der Waals surface area contributed by atoms with Gasteiger partial charge in [-0.1, -0.05) is 12.1 Å². The summed E-state index contributed by atoms with van der Waals surface area (Å²) < 4.78 is 5.80. The van der Waals surface area contributed by atoms with Gasteiger partial charge in [-0.25, -0.2) is 4.79 Å². The van der Waals surface area contributed by atoms with Crippen molar-refractivity contribution in [2.45, 2.75) is 45.7 Å². The zero-order valence-electron chi connectivity index (χ0n) is 17.7. The Balaban J connectivity index is 1.51. The van der Waals surface area contributed by atoms with E-state index in [4.69, 9.17) is 4.74 Å². The number of ether oxygens (including phenoxy) is 1. The average Bonchev–Trinajstić information content (AvgIpc) is 2.94. The summed E-state index contributed by atoms with van der Waals surface area (Å²) in [6.07, 6.45) is 5.37. The minimum absolute atomic E-state index is 0.0354. The standard InChI is InChI=1S/C23H30N4O3/c1-17(2)26-23(29)27-13-14-30-21-5-3-19(15-20(21)16-27)4-6-22(28)25-12-9-18-7-10-24-11-8-18/h3,5,7-8,10-11,15,17H,4,6,9,12-14,16H2,1-2H3,(H,25,28)(H,26,29). The summed E-state index contributed by atoms with van der Waals surface area (Å²) in [5.41, 5.74) is 3.19. The molecule has 2 heterocycles. The highest BCUT2D eigenvalue weighted by Crippen LogP contribution is 2.25. The summed E-state index contributed by atoms with van der Waals surface area (Å²) in [5.74, 6) is 0.841. The Morgan fingerprint density at radius 3 is 2.70 bits per heavy atom. The minimum atomic E-state index is -0.0829. The first-order valence-corrected chi connectivity index (χ1v) is 10.5. The lowest BCUT2D eigenvalue weighted by atomic mass is 10.0. The normalized spacial score (nSPS) is 13.2. The van der Waals surface area contributed by atoms with Crippen LogP contribution in [0.2, 0.25) is 0 Å². The molecule has 2 N–H and O–H groups in total. The molecule has 1 aromatic heterocycles. The molecule has 2 aromatic rings. The maximum Gasteiger partial charge on any atom is 0.318 e. The molecule has 0 aliphatic carbocycles. The Morgan fingerprint density at radius 2 is 1.93 bits per heavy atom. The molecule has 0 fully saturated rings. The second-order valence-corrected chi connectivity index (χ2v) is 7.77. The fraction of sp³-hybridized carbons (Fsp3) is 0.435. The molecular formula is C23H30N4O3. The Hall–Kier alpha value is -3.09. The summed E-state index contributed by atoms with van der Waals surface area (Å²) in [6, 6.07) is 9.89. The highest BCUT2D eigenvalue weighted by Gasteiger charge is 2.20. The lowest BCUT2D eigenvalue weighted by molar-refractivity contribution is -0.121. The van der Waals surface area contributed by atoms with E-state index < -0.39 is 0 Å². The Labute approximate surface area is 177 Å². The summed E-state index contributed by atoms with van der Waals surface area (Å²) in [7, 11) is 0. The third kappa shape index (κ3) is 6.47. The maximum atomic E-state index is 12.4. The van der Waals surface area contributed by atoms with Crippen LogP contribution >= 0.6 is 0 Å². The predicted molar refractivity (Wildman–Crippen MR) is 115 cm³/mol. The second-order valence-electron chi connectivity index (χ2n) is 7.77. The van der Waals surface area contributed by atoms with Gasteiger partial charge >= 0.3 is 6.03 Å². The molecule has 0 saturated carbocycles. The van der Waals surface area contributed by atoms with Crippen molar-refractivity contribution in [1.29, 1.82) is 0 Å². The van der Waals surface area contributed by atoms with Crippen LogP contribution in [0.25, 0.3) is 0 Å². The van der Waals surface area contributed by atoms with E-state index in [1.807, 2.05) is 44.2 Å². The predicted octanol–water partition coefficient (Wildman–Crippen LogP) is 2.69. The molecule has 0 bridgehead atoms. The number of aryl methyl sites for hydroxylation is 1. The van der Waals surface area contributed by atoms with E-state index in [0.717, 1.165) is 28.9 Å². The first-order chi connectivity index (χ1) is 14.5. The number of pyridine rings is 1. The van der Waals surface area contributed by atoms with Gasteiger partial charge in [0.15, 0.2) is 0 Å². The van der Waals surface area contributed by atoms with Crippen molar-refractivity contribution < 1.29 is 14.3 Å². The number of nitrogens with one attached hydrogen (secondary N) is 2.